The summed E-state index contributed by atoms with van der Waals surface area (Å²) in [5, 5.41) is 7.92. The molecule has 0 radical (unpaired) electrons. The third kappa shape index (κ3) is 4.02. The van der Waals surface area contributed by atoms with Crippen molar-refractivity contribution < 1.29 is 4.79 Å². The fourth-order valence-corrected chi connectivity index (χ4v) is 4.60. The van der Waals surface area contributed by atoms with Crippen LogP contribution in [0, 0.1) is 11.8 Å². The fourth-order valence-electron chi connectivity index (χ4n) is 4.60. The second-order valence-electron chi connectivity index (χ2n) is 8.79. The van der Waals surface area contributed by atoms with Crippen LogP contribution in [0.2, 0.25) is 0 Å². The summed E-state index contributed by atoms with van der Waals surface area (Å²) >= 11 is 0. The van der Waals surface area contributed by atoms with E-state index in [4.69, 9.17) is 0 Å². The molecule has 1 amide bonds. The lowest BCUT2D eigenvalue weighted by atomic mass is 9.82. The van der Waals surface area contributed by atoms with Gasteiger partial charge in [0.25, 0.3) is 5.56 Å². The molecule has 0 aliphatic heterocycles. The Labute approximate surface area is 155 Å². The molecule has 26 heavy (non-hydrogen) atoms. The Kier molecular flexibility index (Phi) is 5.14. The Morgan fingerprint density at radius 3 is 2.35 bits per heavy atom. The Bertz CT molecular complexity index is 693. The van der Waals surface area contributed by atoms with Crippen LogP contribution in [0.4, 0.5) is 0 Å². The molecule has 1 N–H and O–H groups in total. The van der Waals surface area contributed by atoms with E-state index in [0.717, 1.165) is 50.1 Å². The van der Waals surface area contributed by atoms with Crippen LogP contribution in [-0.4, -0.2) is 21.7 Å². The number of nitrogens with one attached hydrogen (secondary N) is 1. The highest BCUT2D eigenvalue weighted by Gasteiger charge is 2.30. The zero-order valence-corrected chi connectivity index (χ0v) is 15.8. The van der Waals surface area contributed by atoms with Crippen LogP contribution >= 0.6 is 0 Å². The minimum Gasteiger partial charge on any atom is -0.353 e. The number of hydrogen-bond donors (Lipinski definition) is 1. The first-order valence-corrected chi connectivity index (χ1v) is 10.5. The Balaban J connectivity index is 1.31. The lowest BCUT2D eigenvalue weighted by Gasteiger charge is -2.32. The number of nitrogens with zero attached hydrogens (tertiary/aromatic N) is 2. The summed E-state index contributed by atoms with van der Waals surface area (Å²) in [7, 11) is 0. The maximum absolute atomic E-state index is 12.5. The molecule has 5 heteroatoms. The van der Waals surface area contributed by atoms with Gasteiger partial charge in [0, 0.05) is 23.9 Å². The van der Waals surface area contributed by atoms with Crippen molar-refractivity contribution >= 4 is 5.91 Å². The summed E-state index contributed by atoms with van der Waals surface area (Å²) < 4.78 is 1.72. The van der Waals surface area contributed by atoms with Crippen LogP contribution in [0.25, 0.3) is 0 Å². The fraction of sp³-hybridized carbons (Fsp3) is 0.762. The lowest BCUT2D eigenvalue weighted by Crippen LogP contribution is -2.42. The van der Waals surface area contributed by atoms with Crippen molar-refractivity contribution in [2.45, 2.75) is 89.1 Å². The van der Waals surface area contributed by atoms with Gasteiger partial charge < -0.3 is 5.32 Å². The third-order valence-electron chi connectivity index (χ3n) is 6.62. The molecule has 0 atom stereocenters. The van der Waals surface area contributed by atoms with Gasteiger partial charge in [-0.1, -0.05) is 6.92 Å². The number of aromatic nitrogens is 2. The highest BCUT2D eigenvalue weighted by molar-refractivity contribution is 5.79. The molecule has 142 valence electrons. The molecular weight excluding hydrogens is 326 g/mol. The maximum Gasteiger partial charge on any atom is 0.267 e. The van der Waals surface area contributed by atoms with Gasteiger partial charge >= 0.3 is 0 Å². The summed E-state index contributed by atoms with van der Waals surface area (Å²) in [6.45, 7) is 2.28. The van der Waals surface area contributed by atoms with E-state index in [0.29, 0.717) is 5.92 Å². The summed E-state index contributed by atoms with van der Waals surface area (Å²) in [5.74, 6) is 1.80. The molecule has 0 saturated heterocycles. The van der Waals surface area contributed by atoms with Crippen molar-refractivity contribution in [1.82, 2.24) is 15.1 Å². The molecule has 0 aromatic carbocycles. The second kappa shape index (κ2) is 7.53. The monoisotopic (exact) mass is 357 g/mol. The molecule has 3 saturated carbocycles. The summed E-state index contributed by atoms with van der Waals surface area (Å²) in [4.78, 5) is 24.8. The third-order valence-corrected chi connectivity index (χ3v) is 6.62. The summed E-state index contributed by atoms with van der Waals surface area (Å²) in [6, 6.07) is 4.02. The van der Waals surface area contributed by atoms with Crippen LogP contribution in [0.5, 0.6) is 0 Å². The quantitative estimate of drug-likeness (QED) is 0.896. The zero-order chi connectivity index (χ0) is 18.1. The van der Waals surface area contributed by atoms with Crippen molar-refractivity contribution in [2.75, 3.05) is 0 Å². The van der Waals surface area contributed by atoms with Gasteiger partial charge in [0.15, 0.2) is 0 Å². The first kappa shape index (κ1) is 17.7. The predicted molar refractivity (Wildman–Crippen MR) is 101 cm³/mol. The van der Waals surface area contributed by atoms with E-state index >= 15 is 0 Å². The molecule has 3 fully saturated rings. The standard InChI is InChI=1S/C21H31N3O2/c1-14-2-4-16(5-3-14)21(26)22-17-8-10-18(11-9-17)24-20(25)13-12-19(23-24)15-6-7-15/h12-18H,2-11H2,1H3,(H,22,26). The topological polar surface area (TPSA) is 64.0 Å². The Hall–Kier alpha value is -1.65. The normalized spacial score (nSPS) is 32.2. The van der Waals surface area contributed by atoms with E-state index in [1.807, 2.05) is 6.07 Å². The number of carbonyl (C=O) groups excluding carboxylic acids is 1. The number of amides is 1. The molecule has 3 aliphatic rings. The second-order valence-corrected chi connectivity index (χ2v) is 8.79. The number of hydrogen-bond acceptors (Lipinski definition) is 3. The van der Waals surface area contributed by atoms with Crippen molar-refractivity contribution in [3.8, 4) is 0 Å². The molecule has 1 aromatic heterocycles. The molecule has 1 aromatic rings. The van der Waals surface area contributed by atoms with Crippen LogP contribution in [0.3, 0.4) is 0 Å². The predicted octanol–water partition coefficient (Wildman–Crippen LogP) is 3.55. The zero-order valence-electron chi connectivity index (χ0n) is 15.8. The van der Waals surface area contributed by atoms with Crippen molar-refractivity contribution in [2.24, 2.45) is 11.8 Å². The molecule has 1 heterocycles. The summed E-state index contributed by atoms with van der Waals surface area (Å²) in [6.07, 6.45) is 10.6. The molecule has 0 unspecified atom stereocenters. The Morgan fingerprint density at radius 1 is 1.00 bits per heavy atom. The maximum atomic E-state index is 12.5. The first-order chi connectivity index (χ1) is 12.6. The van der Waals surface area contributed by atoms with Crippen LogP contribution in [0.1, 0.15) is 88.8 Å². The van der Waals surface area contributed by atoms with Crippen molar-refractivity contribution in [3.63, 3.8) is 0 Å². The average molecular weight is 357 g/mol. The molecule has 0 spiro atoms. The average Bonchev–Trinajstić information content (AvgIpc) is 3.49. The van der Waals surface area contributed by atoms with Gasteiger partial charge in [-0.15, -0.1) is 0 Å². The van der Waals surface area contributed by atoms with Gasteiger partial charge in [0.05, 0.1) is 11.7 Å². The number of rotatable bonds is 4. The lowest BCUT2D eigenvalue weighted by molar-refractivity contribution is -0.127. The van der Waals surface area contributed by atoms with Gasteiger partial charge in [-0.05, 0) is 76.2 Å². The van der Waals surface area contributed by atoms with E-state index in [9.17, 15) is 9.59 Å². The van der Waals surface area contributed by atoms with Crippen molar-refractivity contribution in [3.05, 3.63) is 28.2 Å². The van der Waals surface area contributed by atoms with Crippen LogP contribution in [0.15, 0.2) is 16.9 Å². The van der Waals surface area contributed by atoms with Gasteiger partial charge in [-0.3, -0.25) is 9.59 Å². The summed E-state index contributed by atoms with van der Waals surface area (Å²) in [5.41, 5.74) is 1.09. The molecule has 4 rings (SSSR count). The minimum atomic E-state index is 0.0122. The first-order valence-electron chi connectivity index (χ1n) is 10.5. The minimum absolute atomic E-state index is 0.0122. The molecule has 3 aliphatic carbocycles. The van der Waals surface area contributed by atoms with Crippen LogP contribution < -0.4 is 10.9 Å². The highest BCUT2D eigenvalue weighted by Crippen LogP contribution is 2.38. The SMILES string of the molecule is CC1CCC(C(=O)NC2CCC(n3nc(C4CC4)ccc3=O)CC2)CC1. The van der Waals surface area contributed by atoms with Crippen molar-refractivity contribution in [1.29, 1.82) is 0 Å². The molecular formula is C21H31N3O2. The van der Waals surface area contributed by atoms with E-state index in [-0.39, 0.29) is 29.5 Å². The van der Waals surface area contributed by atoms with Crippen LogP contribution in [-0.2, 0) is 4.79 Å². The molecule has 5 nitrogen and oxygen atoms in total. The van der Waals surface area contributed by atoms with Gasteiger partial charge in [0.2, 0.25) is 5.91 Å². The van der Waals surface area contributed by atoms with Gasteiger partial charge in [0.1, 0.15) is 0 Å². The van der Waals surface area contributed by atoms with Gasteiger partial charge in [-0.25, -0.2) is 4.68 Å². The largest absolute Gasteiger partial charge is 0.353 e. The molecule has 0 bridgehead atoms. The van der Waals surface area contributed by atoms with E-state index in [2.05, 4.69) is 17.3 Å². The van der Waals surface area contributed by atoms with Gasteiger partial charge in [-0.2, -0.15) is 5.10 Å². The van der Waals surface area contributed by atoms with E-state index in [1.54, 1.807) is 10.7 Å². The number of carbonyl (C=O) groups is 1. The Morgan fingerprint density at radius 2 is 1.69 bits per heavy atom. The highest BCUT2D eigenvalue weighted by atomic mass is 16.2. The van der Waals surface area contributed by atoms with E-state index in [1.165, 1.54) is 25.7 Å². The smallest absolute Gasteiger partial charge is 0.267 e. The van der Waals surface area contributed by atoms with E-state index < -0.39 is 0 Å².